The highest BCUT2D eigenvalue weighted by Crippen LogP contribution is 2.14. The molecule has 0 aliphatic heterocycles. The van der Waals surface area contributed by atoms with Crippen LogP contribution in [0.15, 0.2) is 28.8 Å². The summed E-state index contributed by atoms with van der Waals surface area (Å²) < 4.78 is 4.85. The number of nitrogens with one attached hydrogen (secondary N) is 2. The summed E-state index contributed by atoms with van der Waals surface area (Å²) >= 11 is 0. The van der Waals surface area contributed by atoms with E-state index in [1.54, 1.807) is 31.2 Å². The molecule has 2 aromatic heterocycles. The van der Waals surface area contributed by atoms with Gasteiger partial charge in [-0.05, 0) is 39.0 Å². The number of rotatable bonds is 5. The zero-order valence-corrected chi connectivity index (χ0v) is 14.8. The Balaban J connectivity index is 1.55. The number of aromatic nitrogens is 3. The third kappa shape index (κ3) is 3.85. The molecule has 2 N–H and O–H groups in total. The van der Waals surface area contributed by atoms with Crippen molar-refractivity contribution in [3.8, 4) is 0 Å². The Morgan fingerprint density at radius 1 is 0.923 bits per heavy atom. The van der Waals surface area contributed by atoms with Crippen LogP contribution in [0.1, 0.15) is 38.0 Å². The fraction of sp³-hybridized carbons (Fsp3) is 0.278. The van der Waals surface area contributed by atoms with Crippen LogP contribution in [0.3, 0.4) is 0 Å². The average Bonchev–Trinajstić information content (AvgIpc) is 3.05. The molecular weight excluding hydrogens is 334 g/mol. The van der Waals surface area contributed by atoms with Crippen molar-refractivity contribution in [2.24, 2.45) is 0 Å². The molecule has 0 aliphatic rings. The van der Waals surface area contributed by atoms with Gasteiger partial charge in [-0.3, -0.25) is 9.59 Å². The van der Waals surface area contributed by atoms with Gasteiger partial charge in [0.1, 0.15) is 5.76 Å². The monoisotopic (exact) mass is 353 g/mol. The Morgan fingerprint density at radius 2 is 1.58 bits per heavy atom. The van der Waals surface area contributed by atoms with Crippen LogP contribution in [0.2, 0.25) is 0 Å². The van der Waals surface area contributed by atoms with Crippen LogP contribution < -0.4 is 10.6 Å². The molecule has 8 heteroatoms. The predicted molar refractivity (Wildman–Crippen MR) is 94.9 cm³/mol. The number of carbonyl (C=O) groups excluding carboxylic acids is 2. The molecule has 2 amide bonds. The molecule has 8 nitrogen and oxygen atoms in total. The molecule has 1 aromatic carbocycles. The second-order valence-electron chi connectivity index (χ2n) is 5.93. The van der Waals surface area contributed by atoms with E-state index in [2.05, 4.69) is 25.8 Å². The summed E-state index contributed by atoms with van der Waals surface area (Å²) in [5.41, 5.74) is 3.84. The van der Waals surface area contributed by atoms with Crippen LogP contribution in [0.4, 0.5) is 0 Å². The fourth-order valence-corrected chi connectivity index (χ4v) is 2.39. The van der Waals surface area contributed by atoms with Gasteiger partial charge < -0.3 is 15.2 Å². The van der Waals surface area contributed by atoms with Crippen LogP contribution in [0.5, 0.6) is 0 Å². The number of fused-ring (bicyclic) bond motifs is 1. The van der Waals surface area contributed by atoms with E-state index < -0.39 is 0 Å². The lowest BCUT2D eigenvalue weighted by Crippen LogP contribution is -2.34. The summed E-state index contributed by atoms with van der Waals surface area (Å²) in [5.74, 6) is -0.0188. The van der Waals surface area contributed by atoms with Crippen molar-refractivity contribution >= 4 is 22.8 Å². The molecule has 0 atom stereocenters. The standard InChI is InChI=1S/C18H19N5O3/c1-10-8-16(23-26-10)18(25)20-7-6-19-17(24)13-4-5-14-15(9-13)22-12(3)11(2)21-14/h4-5,8-9H,6-7H2,1-3H3,(H,19,24)(H,20,25). The summed E-state index contributed by atoms with van der Waals surface area (Å²) in [6.45, 7) is 6.06. The summed E-state index contributed by atoms with van der Waals surface area (Å²) in [6.07, 6.45) is 0. The Morgan fingerprint density at radius 3 is 2.23 bits per heavy atom. The summed E-state index contributed by atoms with van der Waals surface area (Å²) in [4.78, 5) is 33.0. The Labute approximate surface area is 150 Å². The van der Waals surface area contributed by atoms with E-state index in [-0.39, 0.29) is 30.6 Å². The maximum absolute atomic E-state index is 12.3. The number of amides is 2. The van der Waals surface area contributed by atoms with E-state index in [9.17, 15) is 9.59 Å². The molecule has 0 saturated heterocycles. The van der Waals surface area contributed by atoms with Crippen molar-refractivity contribution in [2.45, 2.75) is 20.8 Å². The van der Waals surface area contributed by atoms with Gasteiger partial charge in [-0.2, -0.15) is 0 Å². The van der Waals surface area contributed by atoms with Crippen LogP contribution in [0, 0.1) is 20.8 Å². The number of hydrogen-bond donors (Lipinski definition) is 2. The predicted octanol–water partition coefficient (Wildman–Crippen LogP) is 1.70. The lowest BCUT2D eigenvalue weighted by Gasteiger charge is -2.07. The Kier molecular flexibility index (Phi) is 4.92. The third-order valence-corrected chi connectivity index (χ3v) is 3.89. The first-order valence-corrected chi connectivity index (χ1v) is 8.19. The zero-order chi connectivity index (χ0) is 18.7. The van der Waals surface area contributed by atoms with Gasteiger partial charge in [0, 0.05) is 24.7 Å². The van der Waals surface area contributed by atoms with Gasteiger partial charge in [-0.15, -0.1) is 0 Å². The number of nitrogens with zero attached hydrogens (tertiary/aromatic N) is 3. The molecule has 0 bridgehead atoms. The molecule has 3 aromatic rings. The number of aryl methyl sites for hydroxylation is 3. The van der Waals surface area contributed by atoms with Crippen LogP contribution >= 0.6 is 0 Å². The molecule has 134 valence electrons. The van der Waals surface area contributed by atoms with Gasteiger partial charge in [0.2, 0.25) is 0 Å². The molecule has 0 aliphatic carbocycles. The molecule has 0 spiro atoms. The highest BCUT2D eigenvalue weighted by Gasteiger charge is 2.11. The minimum absolute atomic E-state index is 0.215. The lowest BCUT2D eigenvalue weighted by molar-refractivity contribution is 0.0922. The van der Waals surface area contributed by atoms with Gasteiger partial charge >= 0.3 is 0 Å². The van der Waals surface area contributed by atoms with E-state index >= 15 is 0 Å². The number of hydrogen-bond acceptors (Lipinski definition) is 6. The Hall–Kier alpha value is -3.29. The fourth-order valence-electron chi connectivity index (χ4n) is 2.39. The average molecular weight is 353 g/mol. The molecule has 0 fully saturated rings. The maximum atomic E-state index is 12.3. The largest absolute Gasteiger partial charge is 0.361 e. The molecule has 0 saturated carbocycles. The summed E-state index contributed by atoms with van der Waals surface area (Å²) in [5, 5.41) is 9.05. The van der Waals surface area contributed by atoms with E-state index in [0.29, 0.717) is 16.8 Å². The quantitative estimate of drug-likeness (QED) is 0.676. The topological polar surface area (TPSA) is 110 Å². The SMILES string of the molecule is Cc1cc(C(=O)NCCNC(=O)c2ccc3nc(C)c(C)nc3c2)no1. The lowest BCUT2D eigenvalue weighted by atomic mass is 10.1. The van der Waals surface area contributed by atoms with Gasteiger partial charge in [0.05, 0.1) is 22.4 Å². The van der Waals surface area contributed by atoms with Gasteiger partial charge in [-0.1, -0.05) is 5.16 Å². The van der Waals surface area contributed by atoms with E-state index in [1.165, 1.54) is 0 Å². The van der Waals surface area contributed by atoms with Crippen LogP contribution in [0.25, 0.3) is 11.0 Å². The van der Waals surface area contributed by atoms with Gasteiger partial charge in [0.25, 0.3) is 11.8 Å². The van der Waals surface area contributed by atoms with E-state index in [1.807, 2.05) is 13.8 Å². The van der Waals surface area contributed by atoms with Crippen molar-refractivity contribution in [3.63, 3.8) is 0 Å². The molecule has 3 rings (SSSR count). The molecule has 2 heterocycles. The van der Waals surface area contributed by atoms with Gasteiger partial charge in [-0.25, -0.2) is 9.97 Å². The first-order valence-electron chi connectivity index (χ1n) is 8.19. The first kappa shape index (κ1) is 17.5. The minimum atomic E-state index is -0.345. The second-order valence-corrected chi connectivity index (χ2v) is 5.93. The normalized spacial score (nSPS) is 10.7. The maximum Gasteiger partial charge on any atom is 0.273 e. The summed E-state index contributed by atoms with van der Waals surface area (Å²) in [7, 11) is 0. The van der Waals surface area contributed by atoms with Crippen molar-refractivity contribution < 1.29 is 14.1 Å². The van der Waals surface area contributed by atoms with Crippen molar-refractivity contribution in [1.82, 2.24) is 25.8 Å². The molecule has 0 unspecified atom stereocenters. The first-order chi connectivity index (χ1) is 12.4. The van der Waals surface area contributed by atoms with Crippen molar-refractivity contribution in [1.29, 1.82) is 0 Å². The van der Waals surface area contributed by atoms with Gasteiger partial charge in [0.15, 0.2) is 5.69 Å². The van der Waals surface area contributed by atoms with Crippen molar-refractivity contribution in [3.05, 3.63) is 52.7 Å². The smallest absolute Gasteiger partial charge is 0.273 e. The zero-order valence-electron chi connectivity index (χ0n) is 14.8. The number of carbonyl (C=O) groups is 2. The van der Waals surface area contributed by atoms with E-state index in [0.717, 1.165) is 16.9 Å². The molecule has 0 radical (unpaired) electrons. The highest BCUT2D eigenvalue weighted by atomic mass is 16.5. The number of benzene rings is 1. The molecule has 26 heavy (non-hydrogen) atoms. The Bertz CT molecular complexity index is 980. The highest BCUT2D eigenvalue weighted by molar-refractivity contribution is 5.97. The van der Waals surface area contributed by atoms with Crippen LogP contribution in [-0.4, -0.2) is 40.0 Å². The van der Waals surface area contributed by atoms with E-state index in [4.69, 9.17) is 4.52 Å². The minimum Gasteiger partial charge on any atom is -0.361 e. The van der Waals surface area contributed by atoms with Crippen LogP contribution in [-0.2, 0) is 0 Å². The second kappa shape index (κ2) is 7.30. The third-order valence-electron chi connectivity index (χ3n) is 3.89. The molecular formula is C18H19N5O3. The van der Waals surface area contributed by atoms with Crippen molar-refractivity contribution in [2.75, 3.05) is 13.1 Å². The summed E-state index contributed by atoms with van der Waals surface area (Å²) in [6, 6.07) is 6.74.